The highest BCUT2D eigenvalue weighted by molar-refractivity contribution is 14.1. The third-order valence-electron chi connectivity index (χ3n) is 3.12. The quantitative estimate of drug-likeness (QED) is 0.855. The van der Waals surface area contributed by atoms with E-state index in [0.29, 0.717) is 11.7 Å². The van der Waals surface area contributed by atoms with E-state index in [-0.39, 0.29) is 5.54 Å². The third-order valence-corrected chi connectivity index (χ3v) is 3.70. The minimum absolute atomic E-state index is 0.379. The van der Waals surface area contributed by atoms with Crippen LogP contribution in [0.15, 0.2) is 21.1 Å². The van der Waals surface area contributed by atoms with E-state index in [4.69, 9.17) is 14.7 Å². The summed E-state index contributed by atoms with van der Waals surface area (Å²) in [5, 5.41) is 3.93. The highest BCUT2D eigenvalue weighted by Gasteiger charge is 2.38. The van der Waals surface area contributed by atoms with Gasteiger partial charge >= 0.3 is 0 Å². The Hall–Kier alpha value is -1.15. The lowest BCUT2D eigenvalue weighted by atomic mass is 9.77. The van der Waals surface area contributed by atoms with Crippen LogP contribution in [-0.2, 0) is 5.54 Å². The number of hydrogen-bond donors (Lipinski definition) is 1. The van der Waals surface area contributed by atoms with Crippen molar-refractivity contribution in [2.45, 2.75) is 24.8 Å². The molecule has 0 radical (unpaired) electrons. The van der Waals surface area contributed by atoms with Gasteiger partial charge in [0.05, 0.1) is 5.54 Å². The minimum Gasteiger partial charge on any atom is -0.451 e. The first-order chi connectivity index (χ1) is 8.66. The smallest absolute Gasteiger partial charge is 0.250 e. The van der Waals surface area contributed by atoms with E-state index in [0.717, 1.165) is 28.8 Å². The van der Waals surface area contributed by atoms with Gasteiger partial charge in [0.15, 0.2) is 9.59 Å². The summed E-state index contributed by atoms with van der Waals surface area (Å²) in [7, 11) is 0. The van der Waals surface area contributed by atoms with E-state index in [1.54, 1.807) is 12.2 Å². The molecule has 0 atom stereocenters. The van der Waals surface area contributed by atoms with E-state index >= 15 is 0 Å². The van der Waals surface area contributed by atoms with Crippen LogP contribution in [0.25, 0.3) is 12.2 Å². The maximum Gasteiger partial charge on any atom is 0.250 e. The fourth-order valence-corrected chi connectivity index (χ4v) is 2.29. The number of aromatic nitrogens is 2. The Morgan fingerprint density at radius 3 is 2.78 bits per heavy atom. The van der Waals surface area contributed by atoms with Gasteiger partial charge in [-0.25, -0.2) is 0 Å². The highest BCUT2D eigenvalue weighted by Crippen LogP contribution is 2.36. The monoisotopic (exact) mass is 357 g/mol. The van der Waals surface area contributed by atoms with Crippen molar-refractivity contribution >= 4 is 34.7 Å². The topological polar surface area (TPSA) is 78.1 Å². The zero-order valence-electron chi connectivity index (χ0n) is 9.60. The summed E-state index contributed by atoms with van der Waals surface area (Å²) >= 11 is 2.11. The maximum atomic E-state index is 6.12. The van der Waals surface area contributed by atoms with Gasteiger partial charge in [0.1, 0.15) is 5.76 Å². The largest absolute Gasteiger partial charge is 0.451 e. The van der Waals surface area contributed by atoms with Gasteiger partial charge in [-0.3, -0.25) is 0 Å². The molecule has 0 aliphatic heterocycles. The minimum atomic E-state index is -0.379. The molecule has 0 spiro atoms. The zero-order valence-corrected chi connectivity index (χ0v) is 11.8. The van der Waals surface area contributed by atoms with Crippen LogP contribution in [-0.4, -0.2) is 10.1 Å². The molecule has 3 rings (SSSR count). The van der Waals surface area contributed by atoms with Gasteiger partial charge in [-0.2, -0.15) is 4.98 Å². The van der Waals surface area contributed by atoms with Gasteiger partial charge in [0, 0.05) is 6.08 Å². The Balaban J connectivity index is 1.75. The van der Waals surface area contributed by atoms with E-state index in [1.807, 2.05) is 12.1 Å². The Morgan fingerprint density at radius 1 is 1.33 bits per heavy atom. The molecular formula is C12H12IN3O2. The molecule has 1 aliphatic rings. The van der Waals surface area contributed by atoms with Crippen LogP contribution < -0.4 is 5.73 Å². The van der Waals surface area contributed by atoms with Gasteiger partial charge in [0.2, 0.25) is 0 Å². The molecule has 1 aliphatic carbocycles. The van der Waals surface area contributed by atoms with Gasteiger partial charge in [-0.1, -0.05) is 5.16 Å². The van der Waals surface area contributed by atoms with Crippen LogP contribution in [0.3, 0.4) is 0 Å². The van der Waals surface area contributed by atoms with E-state index < -0.39 is 0 Å². The summed E-state index contributed by atoms with van der Waals surface area (Å²) in [5.41, 5.74) is 5.74. The molecule has 2 heterocycles. The number of hydrogen-bond acceptors (Lipinski definition) is 5. The van der Waals surface area contributed by atoms with Crippen LogP contribution in [0.2, 0.25) is 0 Å². The van der Waals surface area contributed by atoms with Crippen molar-refractivity contribution in [1.82, 2.24) is 10.1 Å². The first-order valence-corrected chi connectivity index (χ1v) is 6.80. The zero-order chi connectivity index (χ0) is 12.6. The molecule has 0 aromatic carbocycles. The Bertz CT molecular complexity index is 584. The summed E-state index contributed by atoms with van der Waals surface area (Å²) in [6.45, 7) is 0. The fourth-order valence-electron chi connectivity index (χ4n) is 1.86. The molecule has 0 amide bonds. The van der Waals surface area contributed by atoms with Crippen LogP contribution in [0.1, 0.15) is 36.7 Å². The first kappa shape index (κ1) is 11.9. The van der Waals surface area contributed by atoms with Crippen molar-refractivity contribution < 1.29 is 8.94 Å². The third kappa shape index (κ3) is 2.22. The van der Waals surface area contributed by atoms with Crippen LogP contribution in [0.5, 0.6) is 0 Å². The van der Waals surface area contributed by atoms with Gasteiger partial charge in [-0.05, 0) is 60.1 Å². The molecule has 1 saturated carbocycles. The number of rotatable bonds is 3. The predicted octanol–water partition coefficient (Wildman–Crippen LogP) is 2.78. The molecule has 2 aromatic rings. The summed E-state index contributed by atoms with van der Waals surface area (Å²) in [4.78, 5) is 4.29. The average Bonchev–Trinajstić information content (AvgIpc) is 2.92. The molecule has 2 N–H and O–H groups in total. The average molecular weight is 357 g/mol. The summed E-state index contributed by atoms with van der Waals surface area (Å²) in [6.07, 6.45) is 6.50. The second-order valence-electron chi connectivity index (χ2n) is 4.44. The van der Waals surface area contributed by atoms with Crippen molar-refractivity contribution in [2.75, 3.05) is 0 Å². The van der Waals surface area contributed by atoms with E-state index in [1.165, 1.54) is 0 Å². The summed E-state index contributed by atoms with van der Waals surface area (Å²) in [6, 6.07) is 3.77. The molecular weight excluding hydrogens is 345 g/mol. The van der Waals surface area contributed by atoms with Gasteiger partial charge < -0.3 is 14.7 Å². The molecule has 18 heavy (non-hydrogen) atoms. The summed E-state index contributed by atoms with van der Waals surface area (Å²) < 4.78 is 11.4. The SMILES string of the molecule is NC1(c2noc(/C=C/c3ccc(I)o3)n2)CCC1. The van der Waals surface area contributed by atoms with Crippen molar-refractivity contribution in [3.05, 3.63) is 33.4 Å². The second-order valence-corrected chi connectivity index (χ2v) is 5.50. The van der Waals surface area contributed by atoms with Crippen molar-refractivity contribution in [1.29, 1.82) is 0 Å². The molecule has 94 valence electrons. The molecule has 1 fully saturated rings. The van der Waals surface area contributed by atoms with Gasteiger partial charge in [-0.15, -0.1) is 0 Å². The van der Waals surface area contributed by atoms with E-state index in [2.05, 4.69) is 32.7 Å². The first-order valence-electron chi connectivity index (χ1n) is 5.72. The number of furan rings is 1. The molecule has 0 unspecified atom stereocenters. The predicted molar refractivity (Wildman–Crippen MR) is 74.4 cm³/mol. The van der Waals surface area contributed by atoms with Crippen LogP contribution in [0, 0.1) is 3.77 Å². The highest BCUT2D eigenvalue weighted by atomic mass is 127. The van der Waals surface area contributed by atoms with Gasteiger partial charge in [0.25, 0.3) is 5.89 Å². The standard InChI is InChI=1S/C12H12IN3O2/c13-9-4-2-8(17-9)3-5-10-15-11(16-18-10)12(14)6-1-7-12/h2-5H,1,6-7,14H2/b5-3+. The van der Waals surface area contributed by atoms with Crippen LogP contribution in [0.4, 0.5) is 0 Å². The van der Waals surface area contributed by atoms with Crippen molar-refractivity contribution in [3.63, 3.8) is 0 Å². The molecule has 5 nitrogen and oxygen atoms in total. The number of halogens is 1. The molecule has 2 aromatic heterocycles. The second kappa shape index (κ2) is 4.51. The molecule has 0 bridgehead atoms. The number of nitrogens with two attached hydrogens (primary N) is 1. The van der Waals surface area contributed by atoms with Crippen molar-refractivity contribution in [2.24, 2.45) is 5.73 Å². The summed E-state index contributed by atoms with van der Waals surface area (Å²) in [5.74, 6) is 1.81. The van der Waals surface area contributed by atoms with Crippen LogP contribution >= 0.6 is 22.6 Å². The molecule has 0 saturated heterocycles. The Kier molecular flexibility index (Phi) is 2.98. The van der Waals surface area contributed by atoms with Crippen molar-refractivity contribution in [3.8, 4) is 0 Å². The lowest BCUT2D eigenvalue weighted by Crippen LogP contribution is -2.44. The lowest BCUT2D eigenvalue weighted by Gasteiger charge is -2.34. The van der Waals surface area contributed by atoms with E-state index in [9.17, 15) is 0 Å². The normalized spacial score (nSPS) is 18.1. The Morgan fingerprint density at radius 2 is 2.17 bits per heavy atom. The number of nitrogens with zero attached hydrogens (tertiary/aromatic N) is 2. The maximum absolute atomic E-state index is 6.12. The molecule has 6 heteroatoms. The lowest BCUT2D eigenvalue weighted by molar-refractivity contribution is 0.229. The Labute approximate surface area is 118 Å². The fraction of sp³-hybridized carbons (Fsp3) is 0.333.